The number of halogens is 1. The SMILES string of the molecule is N#CNC1=NC(c2cccc(F)c2)c2c(nc(N)c(C#N)c2N)N1. The highest BCUT2D eigenvalue weighted by atomic mass is 19.1. The molecule has 0 fully saturated rings. The van der Waals surface area contributed by atoms with E-state index in [1.807, 2.05) is 6.07 Å². The van der Waals surface area contributed by atoms with E-state index < -0.39 is 11.9 Å². The third-order valence-electron chi connectivity index (χ3n) is 3.52. The predicted molar refractivity (Wildman–Crippen MR) is 85.8 cm³/mol. The molecule has 0 spiro atoms. The zero-order valence-corrected chi connectivity index (χ0v) is 12.2. The van der Waals surface area contributed by atoms with Crippen molar-refractivity contribution in [2.45, 2.75) is 6.04 Å². The van der Waals surface area contributed by atoms with Crippen molar-refractivity contribution in [1.82, 2.24) is 10.3 Å². The van der Waals surface area contributed by atoms with Crippen molar-refractivity contribution in [3.05, 3.63) is 46.8 Å². The first kappa shape index (κ1) is 15.1. The van der Waals surface area contributed by atoms with E-state index in [2.05, 4.69) is 20.6 Å². The highest BCUT2D eigenvalue weighted by molar-refractivity contribution is 5.98. The smallest absolute Gasteiger partial charge is 0.211 e. The number of pyridine rings is 1. The van der Waals surface area contributed by atoms with Crippen LogP contribution < -0.4 is 22.1 Å². The largest absolute Gasteiger partial charge is 0.397 e. The van der Waals surface area contributed by atoms with E-state index >= 15 is 0 Å². The van der Waals surface area contributed by atoms with Gasteiger partial charge in [0.05, 0.1) is 5.69 Å². The van der Waals surface area contributed by atoms with Gasteiger partial charge in [0.1, 0.15) is 35.1 Å². The molecule has 1 aliphatic rings. The molecule has 0 saturated carbocycles. The summed E-state index contributed by atoms with van der Waals surface area (Å²) in [6.07, 6.45) is 1.74. The van der Waals surface area contributed by atoms with Gasteiger partial charge in [-0.2, -0.15) is 10.5 Å². The molecule has 0 bridgehead atoms. The molecule has 1 aromatic heterocycles. The van der Waals surface area contributed by atoms with Crippen LogP contribution in [0.4, 0.5) is 21.7 Å². The van der Waals surface area contributed by atoms with Crippen LogP contribution in [-0.2, 0) is 0 Å². The Labute approximate surface area is 136 Å². The molecule has 118 valence electrons. The van der Waals surface area contributed by atoms with Crippen LogP contribution in [0, 0.1) is 28.6 Å². The lowest BCUT2D eigenvalue weighted by Gasteiger charge is -2.26. The van der Waals surface area contributed by atoms with Crippen molar-refractivity contribution in [1.29, 1.82) is 10.5 Å². The Balaban J connectivity index is 2.25. The number of aliphatic imine (C=N–C) groups is 1. The van der Waals surface area contributed by atoms with Crippen molar-refractivity contribution in [3.63, 3.8) is 0 Å². The molecule has 1 aromatic carbocycles. The highest BCUT2D eigenvalue weighted by Gasteiger charge is 2.29. The van der Waals surface area contributed by atoms with Gasteiger partial charge in [0.15, 0.2) is 6.19 Å². The number of fused-ring (bicyclic) bond motifs is 1. The summed E-state index contributed by atoms with van der Waals surface area (Å²) in [5.74, 6) is -0.112. The van der Waals surface area contributed by atoms with E-state index in [0.29, 0.717) is 11.1 Å². The van der Waals surface area contributed by atoms with Crippen LogP contribution in [0.25, 0.3) is 0 Å². The van der Waals surface area contributed by atoms with E-state index in [1.54, 1.807) is 12.3 Å². The van der Waals surface area contributed by atoms with E-state index in [-0.39, 0.29) is 28.8 Å². The van der Waals surface area contributed by atoms with E-state index in [1.165, 1.54) is 18.2 Å². The number of anilines is 3. The van der Waals surface area contributed by atoms with Gasteiger partial charge in [0.2, 0.25) is 5.96 Å². The average molecular weight is 322 g/mol. The number of guanidine groups is 1. The van der Waals surface area contributed by atoms with Crippen molar-refractivity contribution in [3.8, 4) is 12.3 Å². The third kappa shape index (κ3) is 2.40. The molecular weight excluding hydrogens is 311 g/mol. The summed E-state index contributed by atoms with van der Waals surface area (Å²) in [6, 6.07) is 6.96. The summed E-state index contributed by atoms with van der Waals surface area (Å²) in [7, 11) is 0. The Morgan fingerprint density at radius 1 is 1.29 bits per heavy atom. The molecule has 3 rings (SSSR count). The van der Waals surface area contributed by atoms with Gasteiger partial charge in [-0.05, 0) is 17.7 Å². The van der Waals surface area contributed by atoms with Crippen LogP contribution in [0.2, 0.25) is 0 Å². The lowest BCUT2D eigenvalue weighted by atomic mass is 9.95. The molecule has 6 N–H and O–H groups in total. The van der Waals surface area contributed by atoms with E-state index in [4.69, 9.17) is 16.7 Å². The van der Waals surface area contributed by atoms with Crippen LogP contribution in [0.3, 0.4) is 0 Å². The second-order valence-corrected chi connectivity index (χ2v) is 4.96. The van der Waals surface area contributed by atoms with Crippen LogP contribution in [0.1, 0.15) is 22.7 Å². The summed E-state index contributed by atoms with van der Waals surface area (Å²) in [5.41, 5.74) is 12.9. The minimum atomic E-state index is -0.743. The van der Waals surface area contributed by atoms with Gasteiger partial charge in [0.25, 0.3) is 0 Å². The van der Waals surface area contributed by atoms with Gasteiger partial charge in [0, 0.05) is 5.56 Å². The summed E-state index contributed by atoms with van der Waals surface area (Å²) in [6.45, 7) is 0. The second kappa shape index (κ2) is 5.74. The lowest BCUT2D eigenvalue weighted by molar-refractivity contribution is 0.623. The molecule has 8 nitrogen and oxygen atoms in total. The van der Waals surface area contributed by atoms with Gasteiger partial charge >= 0.3 is 0 Å². The van der Waals surface area contributed by atoms with Crippen molar-refractivity contribution in [2.75, 3.05) is 16.8 Å². The van der Waals surface area contributed by atoms with Gasteiger partial charge in [-0.3, -0.25) is 5.32 Å². The monoisotopic (exact) mass is 322 g/mol. The Kier molecular flexibility index (Phi) is 3.60. The lowest BCUT2D eigenvalue weighted by Crippen LogP contribution is -2.32. The standard InChI is InChI=1S/C15H11FN8/c16-8-3-1-2-7(4-8)12-10-11(19)9(5-17)13(20)23-14(10)24-15(22-12)21-6-18/h1-4,12H,(H6,19,20,21,22,23,24). The van der Waals surface area contributed by atoms with E-state index in [0.717, 1.165) is 0 Å². The van der Waals surface area contributed by atoms with Gasteiger partial charge in [-0.1, -0.05) is 12.1 Å². The molecule has 0 radical (unpaired) electrons. The molecule has 9 heteroatoms. The third-order valence-corrected chi connectivity index (χ3v) is 3.52. The van der Waals surface area contributed by atoms with Crippen LogP contribution >= 0.6 is 0 Å². The molecule has 0 amide bonds. The van der Waals surface area contributed by atoms with Crippen LogP contribution in [0.15, 0.2) is 29.3 Å². The first-order valence-electron chi connectivity index (χ1n) is 6.79. The first-order valence-corrected chi connectivity index (χ1v) is 6.79. The number of nitrogens with two attached hydrogens (primary N) is 2. The van der Waals surface area contributed by atoms with Gasteiger partial charge in [-0.25, -0.2) is 14.4 Å². The Morgan fingerprint density at radius 3 is 2.75 bits per heavy atom. The number of nitrogens with one attached hydrogen (secondary N) is 2. The first-order chi connectivity index (χ1) is 11.5. The predicted octanol–water partition coefficient (Wildman–Crippen LogP) is 1.20. The fourth-order valence-corrected chi connectivity index (χ4v) is 2.50. The number of rotatable bonds is 1. The number of hydrogen-bond acceptors (Lipinski definition) is 8. The Hall–Kier alpha value is -3.85. The molecular formula is C15H11FN8. The normalized spacial score (nSPS) is 15.3. The van der Waals surface area contributed by atoms with Gasteiger partial charge < -0.3 is 16.8 Å². The molecule has 1 atom stereocenters. The zero-order valence-electron chi connectivity index (χ0n) is 12.2. The molecule has 2 heterocycles. The molecule has 24 heavy (non-hydrogen) atoms. The number of nitrogen functional groups attached to an aromatic ring is 2. The molecule has 0 aliphatic carbocycles. The minimum Gasteiger partial charge on any atom is -0.397 e. The fraction of sp³-hybridized carbons (Fsp3) is 0.0667. The van der Waals surface area contributed by atoms with Crippen molar-refractivity contribution < 1.29 is 4.39 Å². The molecule has 2 aromatic rings. The molecule has 1 aliphatic heterocycles. The van der Waals surface area contributed by atoms with Gasteiger partial charge in [-0.15, -0.1) is 0 Å². The van der Waals surface area contributed by atoms with Crippen LogP contribution in [0.5, 0.6) is 0 Å². The topological polar surface area (TPSA) is 149 Å². The number of aromatic nitrogens is 1. The quantitative estimate of drug-likeness (QED) is 0.455. The van der Waals surface area contributed by atoms with Crippen LogP contribution in [-0.4, -0.2) is 10.9 Å². The highest BCUT2D eigenvalue weighted by Crippen LogP contribution is 2.40. The van der Waals surface area contributed by atoms with E-state index in [9.17, 15) is 9.65 Å². The number of nitrogens with zero attached hydrogens (tertiary/aromatic N) is 4. The fourth-order valence-electron chi connectivity index (χ4n) is 2.50. The molecule has 0 saturated heterocycles. The molecule has 1 unspecified atom stereocenters. The summed E-state index contributed by atoms with van der Waals surface area (Å²) in [5, 5.41) is 23.2. The minimum absolute atomic E-state index is 0.0313. The summed E-state index contributed by atoms with van der Waals surface area (Å²) < 4.78 is 13.6. The van der Waals surface area contributed by atoms with Crippen molar-refractivity contribution in [2.24, 2.45) is 4.99 Å². The number of nitriles is 2. The maximum atomic E-state index is 13.6. The number of hydrogen-bond donors (Lipinski definition) is 4. The Morgan fingerprint density at radius 2 is 2.08 bits per heavy atom. The zero-order chi connectivity index (χ0) is 17.3. The maximum absolute atomic E-state index is 13.6. The number of benzene rings is 1. The summed E-state index contributed by atoms with van der Waals surface area (Å²) in [4.78, 5) is 8.44. The maximum Gasteiger partial charge on any atom is 0.211 e. The summed E-state index contributed by atoms with van der Waals surface area (Å²) >= 11 is 0. The van der Waals surface area contributed by atoms with Crippen molar-refractivity contribution >= 4 is 23.3 Å². The average Bonchev–Trinajstić information content (AvgIpc) is 2.54. The second-order valence-electron chi connectivity index (χ2n) is 4.96. The Bertz CT molecular complexity index is 938.